The number of aromatic nitrogens is 1. The van der Waals surface area contributed by atoms with Crippen molar-refractivity contribution < 1.29 is 4.79 Å². The van der Waals surface area contributed by atoms with Gasteiger partial charge in [0.05, 0.1) is 10.2 Å². The van der Waals surface area contributed by atoms with Crippen molar-refractivity contribution in [2.24, 2.45) is 5.92 Å². The van der Waals surface area contributed by atoms with E-state index in [1.807, 2.05) is 24.3 Å². The molecular formula is C15H17N3OS. The SMILES string of the molecule is O=C(NC1CC2CCN(C2)C1)c1nc2ccccc2s1. The number of carbonyl (C=O) groups is 1. The van der Waals surface area contributed by atoms with Crippen LogP contribution >= 0.6 is 11.3 Å². The van der Waals surface area contributed by atoms with Crippen LogP contribution in [0.1, 0.15) is 22.6 Å². The number of rotatable bonds is 2. The minimum Gasteiger partial charge on any atom is -0.346 e. The van der Waals surface area contributed by atoms with E-state index in [4.69, 9.17) is 0 Å². The molecule has 3 heterocycles. The van der Waals surface area contributed by atoms with E-state index in [0.717, 1.165) is 29.1 Å². The molecule has 3 unspecified atom stereocenters. The molecule has 2 aromatic rings. The van der Waals surface area contributed by atoms with Gasteiger partial charge in [0.2, 0.25) is 0 Å². The molecule has 4 nitrogen and oxygen atoms in total. The van der Waals surface area contributed by atoms with E-state index in [1.54, 1.807) is 0 Å². The second-order valence-corrected chi connectivity index (χ2v) is 6.84. The summed E-state index contributed by atoms with van der Waals surface area (Å²) in [4.78, 5) is 19.2. The van der Waals surface area contributed by atoms with Crippen molar-refractivity contribution in [2.75, 3.05) is 19.6 Å². The lowest BCUT2D eigenvalue weighted by molar-refractivity contribution is 0.0909. The predicted molar refractivity (Wildman–Crippen MR) is 80.0 cm³/mol. The number of nitrogens with zero attached hydrogens (tertiary/aromatic N) is 2. The summed E-state index contributed by atoms with van der Waals surface area (Å²) >= 11 is 1.47. The first kappa shape index (κ1) is 12.3. The van der Waals surface area contributed by atoms with Crippen LogP contribution in [0.15, 0.2) is 24.3 Å². The normalized spacial score (nSPS) is 28.7. The highest BCUT2D eigenvalue weighted by molar-refractivity contribution is 7.20. The Balaban J connectivity index is 1.49. The van der Waals surface area contributed by atoms with Crippen LogP contribution in [-0.4, -0.2) is 41.5 Å². The minimum absolute atomic E-state index is 0.0151. The predicted octanol–water partition coefficient (Wildman–Crippen LogP) is 2.12. The Hall–Kier alpha value is -1.46. The van der Waals surface area contributed by atoms with Crippen LogP contribution < -0.4 is 5.32 Å². The summed E-state index contributed by atoms with van der Waals surface area (Å²) < 4.78 is 1.07. The Morgan fingerprint density at radius 3 is 3.10 bits per heavy atom. The highest BCUT2D eigenvalue weighted by Crippen LogP contribution is 2.27. The summed E-state index contributed by atoms with van der Waals surface area (Å²) in [7, 11) is 0. The number of para-hydroxylation sites is 1. The second-order valence-electron chi connectivity index (χ2n) is 5.81. The quantitative estimate of drug-likeness (QED) is 0.920. The summed E-state index contributed by atoms with van der Waals surface area (Å²) in [5.74, 6) is 0.753. The number of fused-ring (bicyclic) bond motifs is 3. The van der Waals surface area contributed by atoms with E-state index in [2.05, 4.69) is 15.2 Å². The third-order valence-corrected chi connectivity index (χ3v) is 5.32. The Labute approximate surface area is 121 Å². The molecule has 1 amide bonds. The summed E-state index contributed by atoms with van der Waals surface area (Å²) in [6.07, 6.45) is 2.40. The Bertz CT molecular complexity index is 608. The highest BCUT2D eigenvalue weighted by atomic mass is 32.1. The van der Waals surface area contributed by atoms with Crippen LogP contribution in [0.3, 0.4) is 0 Å². The van der Waals surface area contributed by atoms with E-state index >= 15 is 0 Å². The fourth-order valence-electron chi connectivity index (χ4n) is 3.38. The third-order valence-electron chi connectivity index (χ3n) is 4.29. The largest absolute Gasteiger partial charge is 0.346 e. The molecule has 2 saturated heterocycles. The van der Waals surface area contributed by atoms with Crippen molar-refractivity contribution in [1.29, 1.82) is 0 Å². The maximum absolute atomic E-state index is 12.3. The Kier molecular flexibility index (Phi) is 2.97. The average Bonchev–Trinajstić information content (AvgIpc) is 3.02. The molecule has 1 N–H and O–H groups in total. The van der Waals surface area contributed by atoms with Gasteiger partial charge in [0.25, 0.3) is 5.91 Å². The van der Waals surface area contributed by atoms with Crippen molar-refractivity contribution in [3.63, 3.8) is 0 Å². The molecular weight excluding hydrogens is 270 g/mol. The zero-order chi connectivity index (χ0) is 13.5. The maximum Gasteiger partial charge on any atom is 0.280 e. The summed E-state index contributed by atoms with van der Waals surface area (Å²) in [5, 5.41) is 3.75. The monoisotopic (exact) mass is 287 g/mol. The molecule has 0 spiro atoms. The van der Waals surface area contributed by atoms with E-state index in [1.165, 1.54) is 30.8 Å². The number of nitrogens with one attached hydrogen (secondary N) is 1. The Morgan fingerprint density at radius 2 is 2.25 bits per heavy atom. The van der Waals surface area contributed by atoms with Crippen molar-refractivity contribution >= 4 is 27.5 Å². The molecule has 1 aromatic carbocycles. The van der Waals surface area contributed by atoms with Crippen LogP contribution in [0.5, 0.6) is 0 Å². The van der Waals surface area contributed by atoms with Crippen LogP contribution in [-0.2, 0) is 0 Å². The van der Waals surface area contributed by atoms with Crippen molar-refractivity contribution in [1.82, 2.24) is 15.2 Å². The number of thiazole rings is 1. The molecule has 0 radical (unpaired) electrons. The lowest BCUT2D eigenvalue weighted by atomic mass is 9.97. The molecule has 3 atom stereocenters. The molecule has 2 bridgehead atoms. The van der Waals surface area contributed by atoms with Crippen molar-refractivity contribution in [2.45, 2.75) is 18.9 Å². The van der Waals surface area contributed by atoms with Gasteiger partial charge in [-0.05, 0) is 37.4 Å². The van der Waals surface area contributed by atoms with Gasteiger partial charge in [-0.3, -0.25) is 4.79 Å². The van der Waals surface area contributed by atoms with E-state index in [-0.39, 0.29) is 11.9 Å². The first-order valence-corrected chi connectivity index (χ1v) is 7.98. The first-order valence-electron chi connectivity index (χ1n) is 7.17. The van der Waals surface area contributed by atoms with Gasteiger partial charge in [0.15, 0.2) is 5.01 Å². The molecule has 0 saturated carbocycles. The fraction of sp³-hybridized carbons (Fsp3) is 0.467. The van der Waals surface area contributed by atoms with E-state index in [9.17, 15) is 4.79 Å². The minimum atomic E-state index is -0.0151. The molecule has 1 aromatic heterocycles. The van der Waals surface area contributed by atoms with Gasteiger partial charge in [0.1, 0.15) is 0 Å². The number of piperidine rings is 1. The number of amides is 1. The molecule has 2 fully saturated rings. The lowest BCUT2D eigenvalue weighted by Crippen LogP contribution is -2.46. The molecule has 20 heavy (non-hydrogen) atoms. The van der Waals surface area contributed by atoms with E-state index in [0.29, 0.717) is 5.01 Å². The van der Waals surface area contributed by atoms with Crippen LogP contribution in [0, 0.1) is 5.92 Å². The second kappa shape index (κ2) is 4.82. The van der Waals surface area contributed by atoms with Gasteiger partial charge in [-0.2, -0.15) is 0 Å². The third kappa shape index (κ3) is 2.21. The maximum atomic E-state index is 12.3. The van der Waals surface area contributed by atoms with Gasteiger partial charge < -0.3 is 10.2 Å². The van der Waals surface area contributed by atoms with E-state index < -0.39 is 0 Å². The Morgan fingerprint density at radius 1 is 1.35 bits per heavy atom. The summed E-state index contributed by atoms with van der Waals surface area (Å²) in [6, 6.07) is 8.19. The molecule has 5 heteroatoms. The van der Waals surface area contributed by atoms with Crippen molar-refractivity contribution in [3.05, 3.63) is 29.3 Å². The van der Waals surface area contributed by atoms with Crippen LogP contribution in [0.25, 0.3) is 10.2 Å². The van der Waals surface area contributed by atoms with Gasteiger partial charge in [0, 0.05) is 19.1 Å². The van der Waals surface area contributed by atoms with Gasteiger partial charge in [-0.1, -0.05) is 12.1 Å². The smallest absolute Gasteiger partial charge is 0.280 e. The van der Waals surface area contributed by atoms with Crippen LogP contribution in [0.4, 0.5) is 0 Å². The molecule has 2 aliphatic heterocycles. The zero-order valence-corrected chi connectivity index (χ0v) is 12.0. The number of benzene rings is 1. The lowest BCUT2D eigenvalue weighted by Gasteiger charge is -2.30. The number of hydrogen-bond acceptors (Lipinski definition) is 4. The molecule has 4 rings (SSSR count). The fourth-order valence-corrected chi connectivity index (χ4v) is 4.25. The number of hydrogen-bond donors (Lipinski definition) is 1. The van der Waals surface area contributed by atoms with Gasteiger partial charge >= 0.3 is 0 Å². The molecule has 104 valence electrons. The summed E-state index contributed by atoms with van der Waals surface area (Å²) in [5.41, 5.74) is 0.912. The standard InChI is InChI=1S/C15H17N3OS/c19-14(15-17-12-3-1-2-4-13(12)20-15)16-11-7-10-5-6-18(8-10)9-11/h1-4,10-11H,5-9H2,(H,16,19). The number of carbonyl (C=O) groups excluding carboxylic acids is 1. The van der Waals surface area contributed by atoms with Crippen LogP contribution in [0.2, 0.25) is 0 Å². The van der Waals surface area contributed by atoms with Gasteiger partial charge in [-0.25, -0.2) is 4.98 Å². The molecule has 2 aliphatic rings. The average molecular weight is 287 g/mol. The van der Waals surface area contributed by atoms with Gasteiger partial charge in [-0.15, -0.1) is 11.3 Å². The topological polar surface area (TPSA) is 45.2 Å². The van der Waals surface area contributed by atoms with Crippen molar-refractivity contribution in [3.8, 4) is 0 Å². The first-order chi connectivity index (χ1) is 9.78. The summed E-state index contributed by atoms with van der Waals surface area (Å²) in [6.45, 7) is 3.40. The zero-order valence-electron chi connectivity index (χ0n) is 11.2. The molecule has 0 aliphatic carbocycles. The highest BCUT2D eigenvalue weighted by Gasteiger charge is 2.33.